The third kappa shape index (κ3) is 4.18. The molecule has 0 saturated heterocycles. The van der Waals surface area contributed by atoms with Crippen LogP contribution in [-0.4, -0.2) is 23.1 Å². The maximum Gasteiger partial charge on any atom is 0.205 e. The molecule has 0 saturated carbocycles. The van der Waals surface area contributed by atoms with Gasteiger partial charge in [-0.2, -0.15) is 0 Å². The van der Waals surface area contributed by atoms with Crippen LogP contribution in [0.15, 0.2) is 60.7 Å². The van der Waals surface area contributed by atoms with E-state index in [4.69, 9.17) is 4.43 Å². The largest absolute Gasteiger partial charge is 0.413 e. The molecule has 0 fully saturated rings. The normalized spacial score (nSPS) is 16.7. The molecule has 0 radical (unpaired) electrons. The van der Waals surface area contributed by atoms with Gasteiger partial charge in [0.2, 0.25) is 9.04 Å². The van der Waals surface area contributed by atoms with E-state index in [0.29, 0.717) is 0 Å². The second-order valence-electron chi connectivity index (χ2n) is 6.37. The molecular weight excluding hydrogens is 300 g/mol. The molecule has 3 atom stereocenters. The van der Waals surface area contributed by atoms with E-state index in [1.165, 1.54) is 16.8 Å². The third-order valence-electron chi connectivity index (χ3n) is 4.68. The van der Waals surface area contributed by atoms with Crippen LogP contribution in [0.1, 0.15) is 26.7 Å². The molecule has 3 unspecified atom stereocenters. The van der Waals surface area contributed by atoms with E-state index < -0.39 is 17.8 Å². The lowest BCUT2D eigenvalue weighted by Crippen LogP contribution is -2.55. The van der Waals surface area contributed by atoms with Crippen LogP contribution in [0.5, 0.6) is 0 Å². The first-order valence-corrected chi connectivity index (χ1v) is 12.9. The van der Waals surface area contributed by atoms with Crippen LogP contribution >= 0.6 is 0 Å². The zero-order valence-corrected chi connectivity index (χ0v) is 16.6. The Balaban J connectivity index is 2.20. The fourth-order valence-electron chi connectivity index (χ4n) is 3.16. The predicted octanol–water partition coefficient (Wildman–Crippen LogP) is 3.13. The summed E-state index contributed by atoms with van der Waals surface area (Å²) in [7, 11) is -2.54. The summed E-state index contributed by atoms with van der Waals surface area (Å²) in [6, 6.07) is 21.7. The average Bonchev–Trinajstić information content (AvgIpc) is 2.56. The minimum Gasteiger partial charge on any atom is -0.413 e. The topological polar surface area (TPSA) is 9.23 Å². The molecule has 1 nitrogen and oxygen atoms in total. The summed E-state index contributed by atoms with van der Waals surface area (Å²) in [5, 5.41) is 2.95. The Morgan fingerprint density at radius 2 is 1.36 bits per heavy atom. The number of benzene rings is 2. The van der Waals surface area contributed by atoms with Crippen molar-refractivity contribution in [1.29, 1.82) is 0 Å². The van der Waals surface area contributed by atoms with E-state index in [-0.39, 0.29) is 5.22 Å². The SMILES string of the molecule is CCCC(C)(O[SiH](C)c1ccccc1)[SiH](C)c1ccccc1. The molecule has 0 heterocycles. The monoisotopic (exact) mass is 328 g/mol. The van der Waals surface area contributed by atoms with Gasteiger partial charge in [0.25, 0.3) is 0 Å². The van der Waals surface area contributed by atoms with Crippen molar-refractivity contribution in [3.8, 4) is 0 Å². The fraction of sp³-hybridized carbons (Fsp3) is 0.368. The second kappa shape index (κ2) is 7.90. The van der Waals surface area contributed by atoms with Crippen molar-refractivity contribution in [3.05, 3.63) is 60.7 Å². The lowest BCUT2D eigenvalue weighted by Gasteiger charge is -2.38. The Kier molecular flexibility index (Phi) is 6.18. The standard InChI is InChI=1S/C19H28OSi2/c1-5-16-19(2,21(3)17-12-8-6-9-13-17)20-22(4)18-14-10-7-11-15-18/h6-15,21-22H,5,16H2,1-4H3. The maximum atomic E-state index is 6.78. The van der Waals surface area contributed by atoms with Crippen molar-refractivity contribution in [3.63, 3.8) is 0 Å². The molecule has 0 spiro atoms. The Morgan fingerprint density at radius 1 is 0.864 bits per heavy atom. The summed E-state index contributed by atoms with van der Waals surface area (Å²) in [4.78, 5) is 0. The number of hydrogen-bond donors (Lipinski definition) is 0. The van der Waals surface area contributed by atoms with Gasteiger partial charge < -0.3 is 4.43 Å². The molecule has 2 rings (SSSR count). The molecule has 0 aromatic heterocycles. The minimum absolute atomic E-state index is 0.0393. The molecular formula is C19H28OSi2. The van der Waals surface area contributed by atoms with Crippen molar-refractivity contribution in [2.24, 2.45) is 0 Å². The highest BCUT2D eigenvalue weighted by Gasteiger charge is 2.35. The maximum absolute atomic E-state index is 6.78. The summed E-state index contributed by atoms with van der Waals surface area (Å²) in [6.45, 7) is 9.38. The van der Waals surface area contributed by atoms with Gasteiger partial charge in [-0.3, -0.25) is 0 Å². The average molecular weight is 329 g/mol. The molecule has 0 amide bonds. The summed E-state index contributed by atoms with van der Waals surface area (Å²) >= 11 is 0. The molecule has 0 N–H and O–H groups in total. The van der Waals surface area contributed by atoms with Crippen molar-refractivity contribution in [1.82, 2.24) is 0 Å². The highest BCUT2D eigenvalue weighted by atomic mass is 28.3. The van der Waals surface area contributed by atoms with Gasteiger partial charge in [-0.15, -0.1) is 0 Å². The van der Waals surface area contributed by atoms with E-state index >= 15 is 0 Å². The van der Waals surface area contributed by atoms with E-state index in [0.717, 1.165) is 6.42 Å². The number of hydrogen-bond acceptors (Lipinski definition) is 1. The van der Waals surface area contributed by atoms with Crippen molar-refractivity contribution in [2.45, 2.75) is 45.0 Å². The van der Waals surface area contributed by atoms with Crippen LogP contribution in [0.4, 0.5) is 0 Å². The minimum atomic E-state index is -1.36. The summed E-state index contributed by atoms with van der Waals surface area (Å²) < 4.78 is 6.78. The first kappa shape index (κ1) is 17.2. The fourth-order valence-corrected chi connectivity index (χ4v) is 8.65. The second-order valence-corrected chi connectivity index (χ2v) is 11.9. The predicted molar refractivity (Wildman–Crippen MR) is 103 cm³/mol. The first-order chi connectivity index (χ1) is 10.6. The molecule has 3 heteroatoms. The molecule has 2 aromatic carbocycles. The van der Waals surface area contributed by atoms with Gasteiger partial charge in [0.1, 0.15) is 8.80 Å². The summed E-state index contributed by atoms with van der Waals surface area (Å²) in [6.07, 6.45) is 2.33. The zero-order valence-electron chi connectivity index (χ0n) is 14.3. The highest BCUT2D eigenvalue weighted by Crippen LogP contribution is 2.22. The van der Waals surface area contributed by atoms with E-state index in [1.807, 2.05) is 0 Å². The van der Waals surface area contributed by atoms with Gasteiger partial charge >= 0.3 is 0 Å². The molecule has 0 aliphatic heterocycles. The van der Waals surface area contributed by atoms with E-state index in [2.05, 4.69) is 87.6 Å². The van der Waals surface area contributed by atoms with Crippen LogP contribution in [0.25, 0.3) is 0 Å². The molecule has 22 heavy (non-hydrogen) atoms. The van der Waals surface area contributed by atoms with Crippen LogP contribution in [-0.2, 0) is 4.43 Å². The van der Waals surface area contributed by atoms with Gasteiger partial charge in [0.05, 0.1) is 0 Å². The Labute approximate surface area is 138 Å². The number of rotatable bonds is 7. The highest BCUT2D eigenvalue weighted by molar-refractivity contribution is 6.76. The van der Waals surface area contributed by atoms with Crippen LogP contribution in [0.3, 0.4) is 0 Å². The lowest BCUT2D eigenvalue weighted by atomic mass is 10.2. The summed E-state index contributed by atoms with van der Waals surface area (Å²) in [5.74, 6) is 0. The van der Waals surface area contributed by atoms with E-state index in [9.17, 15) is 0 Å². The van der Waals surface area contributed by atoms with Gasteiger partial charge in [0, 0.05) is 5.22 Å². The molecule has 2 aromatic rings. The van der Waals surface area contributed by atoms with Crippen molar-refractivity contribution in [2.75, 3.05) is 0 Å². The van der Waals surface area contributed by atoms with Crippen molar-refractivity contribution >= 4 is 28.2 Å². The van der Waals surface area contributed by atoms with Crippen LogP contribution in [0, 0.1) is 0 Å². The zero-order chi connectivity index (χ0) is 16.0. The van der Waals surface area contributed by atoms with Crippen molar-refractivity contribution < 1.29 is 4.43 Å². The Bertz CT molecular complexity index is 558. The van der Waals surface area contributed by atoms with E-state index in [1.54, 1.807) is 0 Å². The van der Waals surface area contributed by atoms with Gasteiger partial charge in [-0.05, 0) is 25.1 Å². The molecule has 0 aliphatic rings. The Hall–Kier alpha value is -1.17. The molecule has 0 bridgehead atoms. The van der Waals surface area contributed by atoms with Gasteiger partial charge in [-0.1, -0.05) is 85.7 Å². The lowest BCUT2D eigenvalue weighted by molar-refractivity contribution is 0.162. The van der Waals surface area contributed by atoms with Crippen LogP contribution in [0.2, 0.25) is 13.1 Å². The van der Waals surface area contributed by atoms with Crippen LogP contribution < -0.4 is 10.4 Å². The first-order valence-electron chi connectivity index (χ1n) is 8.34. The quantitative estimate of drug-likeness (QED) is 0.710. The Morgan fingerprint density at radius 3 is 1.86 bits per heavy atom. The van der Waals surface area contributed by atoms with Gasteiger partial charge in [-0.25, -0.2) is 0 Å². The molecule has 0 aliphatic carbocycles. The van der Waals surface area contributed by atoms with Gasteiger partial charge in [0.15, 0.2) is 0 Å². The molecule has 118 valence electrons. The smallest absolute Gasteiger partial charge is 0.205 e. The summed E-state index contributed by atoms with van der Waals surface area (Å²) in [5.41, 5.74) is 0. The third-order valence-corrected chi connectivity index (χ3v) is 10.8.